The van der Waals surface area contributed by atoms with E-state index in [4.69, 9.17) is 4.74 Å². The lowest BCUT2D eigenvalue weighted by molar-refractivity contribution is 0.0236. The smallest absolute Gasteiger partial charge is 0.325 e. The molecular weight excluding hydrogens is 566 g/mol. The number of likely N-dealkylation sites (N-methyl/N-ethyl adjacent to an activating group) is 1. The molecule has 2 aromatic carbocycles. The van der Waals surface area contributed by atoms with E-state index in [1.807, 2.05) is 48.5 Å². The molecule has 4 aromatic rings. The van der Waals surface area contributed by atoms with E-state index in [1.54, 1.807) is 31.1 Å². The van der Waals surface area contributed by atoms with Gasteiger partial charge in [0.05, 0.1) is 12.1 Å². The molecule has 2 aromatic heterocycles. The summed E-state index contributed by atoms with van der Waals surface area (Å²) >= 11 is 0. The van der Waals surface area contributed by atoms with Crippen LogP contribution in [0.25, 0.3) is 10.9 Å². The molecule has 236 valence electrons. The van der Waals surface area contributed by atoms with Gasteiger partial charge in [0.15, 0.2) is 0 Å². The molecule has 10 nitrogen and oxygen atoms in total. The maximum absolute atomic E-state index is 13.2. The van der Waals surface area contributed by atoms with Crippen molar-refractivity contribution in [2.24, 2.45) is 0 Å². The number of nitrogens with zero attached hydrogens (tertiary/aromatic N) is 5. The van der Waals surface area contributed by atoms with Crippen LogP contribution in [0, 0.1) is 0 Å². The summed E-state index contributed by atoms with van der Waals surface area (Å²) in [5, 5.41) is 6.59. The maximum Gasteiger partial charge on any atom is 0.325 e. The van der Waals surface area contributed by atoms with Crippen LogP contribution >= 0.6 is 0 Å². The van der Waals surface area contributed by atoms with Crippen LogP contribution in [0.1, 0.15) is 41.6 Å². The number of rotatable bonds is 10. The molecule has 2 saturated heterocycles. The summed E-state index contributed by atoms with van der Waals surface area (Å²) in [7, 11) is 3.29. The van der Waals surface area contributed by atoms with Crippen LogP contribution in [0.5, 0.6) is 0 Å². The van der Waals surface area contributed by atoms with E-state index in [9.17, 15) is 9.59 Å². The highest BCUT2D eigenvalue weighted by Crippen LogP contribution is 2.32. The van der Waals surface area contributed by atoms with Gasteiger partial charge in [0, 0.05) is 80.6 Å². The first-order chi connectivity index (χ1) is 22.0. The second kappa shape index (κ2) is 13.8. The zero-order valence-corrected chi connectivity index (χ0v) is 26.4. The molecule has 0 saturated carbocycles. The Bertz CT molecular complexity index is 1620. The van der Waals surface area contributed by atoms with E-state index in [0.29, 0.717) is 30.5 Å². The number of anilines is 3. The Kier molecular flexibility index (Phi) is 9.44. The summed E-state index contributed by atoms with van der Waals surface area (Å²) in [6, 6.07) is 20.3. The second-order valence-electron chi connectivity index (χ2n) is 11.9. The SMILES string of the molecule is CCN1CC(N2CCC(c3ccc(C(=O)Nc4cc(N(CCOC)c5ccc6c(ccn6C(=O)NC)c5)ccn4)cc3)CC2)C1. The molecule has 4 heterocycles. The Morgan fingerprint density at radius 1 is 1.00 bits per heavy atom. The van der Waals surface area contributed by atoms with Crippen LogP contribution in [0.2, 0.25) is 0 Å². The summed E-state index contributed by atoms with van der Waals surface area (Å²) in [4.78, 5) is 37.2. The van der Waals surface area contributed by atoms with Crippen LogP contribution in [0.4, 0.5) is 22.0 Å². The van der Waals surface area contributed by atoms with Gasteiger partial charge >= 0.3 is 6.03 Å². The van der Waals surface area contributed by atoms with Crippen molar-refractivity contribution in [2.75, 3.05) is 70.2 Å². The minimum Gasteiger partial charge on any atom is -0.383 e. The maximum atomic E-state index is 13.2. The minimum atomic E-state index is -0.189. The van der Waals surface area contributed by atoms with Gasteiger partial charge < -0.3 is 25.2 Å². The summed E-state index contributed by atoms with van der Waals surface area (Å²) < 4.78 is 6.99. The summed E-state index contributed by atoms with van der Waals surface area (Å²) in [5.41, 5.74) is 4.55. The predicted molar refractivity (Wildman–Crippen MR) is 179 cm³/mol. The Balaban J connectivity index is 1.11. The van der Waals surface area contributed by atoms with Crippen molar-refractivity contribution in [3.05, 3.63) is 84.2 Å². The summed E-state index contributed by atoms with van der Waals surface area (Å²) in [6.45, 7) is 9.19. The zero-order valence-electron chi connectivity index (χ0n) is 26.4. The molecule has 0 atom stereocenters. The number of benzene rings is 2. The Morgan fingerprint density at radius 3 is 2.47 bits per heavy atom. The van der Waals surface area contributed by atoms with E-state index in [2.05, 4.69) is 49.4 Å². The molecule has 45 heavy (non-hydrogen) atoms. The Morgan fingerprint density at radius 2 is 1.76 bits per heavy atom. The first-order valence-electron chi connectivity index (χ1n) is 15.9. The fourth-order valence-corrected chi connectivity index (χ4v) is 6.57. The van der Waals surface area contributed by atoms with Crippen molar-refractivity contribution >= 4 is 40.0 Å². The number of carbonyl (C=O) groups is 2. The van der Waals surface area contributed by atoms with E-state index in [0.717, 1.165) is 60.8 Å². The quantitative estimate of drug-likeness (QED) is 0.257. The topological polar surface area (TPSA) is 95.0 Å². The van der Waals surface area contributed by atoms with Gasteiger partial charge in [-0.25, -0.2) is 9.78 Å². The third-order valence-corrected chi connectivity index (χ3v) is 9.31. The number of likely N-dealkylation sites (tertiary alicyclic amines) is 2. The molecular formula is C35H43N7O3. The standard InChI is InChI=1S/C35H43N7O3/c1-4-39-23-31(24-39)40-16-12-26(13-17-40)25-5-7-27(8-6-25)34(43)38-33-22-30(11-15-37-33)41(19-20-45-3)29-9-10-32-28(21-29)14-18-42(32)35(44)36-2/h5-11,14-15,18,21-22,26,31H,4,12-13,16-17,19-20,23-24H2,1-3H3,(H,36,44)(H,37,38,43). The average molecular weight is 610 g/mol. The van der Waals surface area contributed by atoms with Gasteiger partial charge in [0.25, 0.3) is 5.91 Å². The molecule has 0 aliphatic carbocycles. The number of aromatic nitrogens is 2. The van der Waals surface area contributed by atoms with E-state index in [1.165, 1.54) is 18.7 Å². The number of piperidine rings is 1. The molecule has 6 rings (SSSR count). The molecule has 10 heteroatoms. The third-order valence-electron chi connectivity index (χ3n) is 9.31. The molecule has 2 aliphatic rings. The fourth-order valence-electron chi connectivity index (χ4n) is 6.57. The van der Waals surface area contributed by atoms with Gasteiger partial charge in [-0.3, -0.25) is 14.3 Å². The highest BCUT2D eigenvalue weighted by atomic mass is 16.5. The van der Waals surface area contributed by atoms with Gasteiger partial charge in [-0.15, -0.1) is 0 Å². The molecule has 0 spiro atoms. The average Bonchev–Trinajstić information content (AvgIpc) is 3.48. The van der Waals surface area contributed by atoms with Crippen molar-refractivity contribution in [3.8, 4) is 0 Å². The number of fused-ring (bicyclic) bond motifs is 1. The number of ether oxygens (including phenoxy) is 1. The van der Waals surface area contributed by atoms with Gasteiger partial charge in [0.2, 0.25) is 0 Å². The van der Waals surface area contributed by atoms with Crippen LogP contribution in [0.15, 0.2) is 73.1 Å². The number of hydrogen-bond donors (Lipinski definition) is 2. The van der Waals surface area contributed by atoms with Gasteiger partial charge in [-0.2, -0.15) is 0 Å². The molecule has 0 bridgehead atoms. The zero-order chi connectivity index (χ0) is 31.3. The van der Waals surface area contributed by atoms with Crippen molar-refractivity contribution in [1.29, 1.82) is 0 Å². The van der Waals surface area contributed by atoms with E-state index < -0.39 is 0 Å². The monoisotopic (exact) mass is 609 g/mol. The number of amides is 2. The minimum absolute atomic E-state index is 0.188. The number of carbonyl (C=O) groups excluding carboxylic acids is 2. The first kappa shape index (κ1) is 30.8. The lowest BCUT2D eigenvalue weighted by Gasteiger charge is -2.47. The molecule has 0 radical (unpaired) electrons. The second-order valence-corrected chi connectivity index (χ2v) is 11.9. The van der Waals surface area contributed by atoms with Crippen molar-refractivity contribution in [3.63, 3.8) is 0 Å². The number of methoxy groups -OCH3 is 1. The van der Waals surface area contributed by atoms with Gasteiger partial charge in [-0.1, -0.05) is 19.1 Å². The third kappa shape index (κ3) is 6.73. The van der Waals surface area contributed by atoms with Crippen molar-refractivity contribution < 1.29 is 14.3 Å². The Labute approximate surface area is 265 Å². The summed E-state index contributed by atoms with van der Waals surface area (Å²) in [6.07, 6.45) is 5.79. The van der Waals surface area contributed by atoms with Crippen molar-refractivity contribution in [2.45, 2.75) is 31.7 Å². The largest absolute Gasteiger partial charge is 0.383 e. The molecule has 2 aliphatic heterocycles. The predicted octanol–water partition coefficient (Wildman–Crippen LogP) is 5.14. The highest BCUT2D eigenvalue weighted by molar-refractivity contribution is 6.04. The van der Waals surface area contributed by atoms with Crippen molar-refractivity contribution in [1.82, 2.24) is 24.7 Å². The molecule has 2 fully saturated rings. The number of hydrogen-bond acceptors (Lipinski definition) is 7. The van der Waals surface area contributed by atoms with Crippen LogP contribution in [0.3, 0.4) is 0 Å². The van der Waals surface area contributed by atoms with Crippen LogP contribution in [-0.2, 0) is 4.74 Å². The van der Waals surface area contributed by atoms with E-state index >= 15 is 0 Å². The number of nitrogens with one attached hydrogen (secondary N) is 2. The number of pyridine rings is 1. The fraction of sp³-hybridized carbons (Fsp3) is 0.400. The van der Waals surface area contributed by atoms with E-state index in [-0.39, 0.29) is 11.9 Å². The first-order valence-corrected chi connectivity index (χ1v) is 15.9. The highest BCUT2D eigenvalue weighted by Gasteiger charge is 2.33. The summed E-state index contributed by atoms with van der Waals surface area (Å²) in [5.74, 6) is 0.825. The van der Waals surface area contributed by atoms with Gasteiger partial charge in [0.1, 0.15) is 5.82 Å². The lowest BCUT2D eigenvalue weighted by atomic mass is 9.88. The van der Waals surface area contributed by atoms with Crippen LogP contribution in [-0.4, -0.2) is 97.4 Å². The van der Waals surface area contributed by atoms with Crippen LogP contribution < -0.4 is 15.5 Å². The molecule has 0 unspecified atom stereocenters. The molecule has 2 N–H and O–H groups in total. The Hall–Kier alpha value is -4.25. The van der Waals surface area contributed by atoms with Gasteiger partial charge in [-0.05, 0) is 86.4 Å². The molecule has 2 amide bonds. The normalized spacial score (nSPS) is 16.4. The lowest BCUT2D eigenvalue weighted by Crippen LogP contribution is -2.60.